The number of hydrogen-bond donors (Lipinski definition) is 1. The van der Waals surface area contributed by atoms with Gasteiger partial charge in [0.15, 0.2) is 0 Å². The third kappa shape index (κ3) is 2.69. The van der Waals surface area contributed by atoms with Crippen molar-refractivity contribution in [1.29, 1.82) is 5.26 Å². The second-order valence-electron chi connectivity index (χ2n) is 3.41. The van der Waals surface area contributed by atoms with Crippen LogP contribution in [-0.4, -0.2) is 23.6 Å². The maximum atomic E-state index is 8.58. The molecule has 0 aromatic heterocycles. The van der Waals surface area contributed by atoms with Gasteiger partial charge in [0.2, 0.25) is 0 Å². The average molecular weight is 184 g/mol. The lowest BCUT2D eigenvalue weighted by atomic mass is 10.1. The fraction of sp³-hybridized carbons (Fsp3) is 0.889. The lowest BCUT2D eigenvalue weighted by Gasteiger charge is -2.16. The minimum atomic E-state index is 0.141. The van der Waals surface area contributed by atoms with Crippen molar-refractivity contribution in [3.8, 4) is 6.07 Å². The molecule has 0 amide bonds. The van der Waals surface area contributed by atoms with E-state index in [1.807, 2.05) is 18.7 Å². The molecule has 1 N–H and O–H groups in total. The quantitative estimate of drug-likeness (QED) is 0.724. The minimum Gasteiger partial charge on any atom is -0.312 e. The van der Waals surface area contributed by atoms with Crippen LogP contribution in [0.15, 0.2) is 0 Å². The predicted octanol–water partition coefficient (Wildman–Crippen LogP) is 1.63. The first-order valence-electron chi connectivity index (χ1n) is 4.48. The molecular weight excluding hydrogens is 168 g/mol. The summed E-state index contributed by atoms with van der Waals surface area (Å²) < 4.78 is 0. The smallest absolute Gasteiger partial charge is 0.0666 e. The molecule has 0 aliphatic carbocycles. The largest absolute Gasteiger partial charge is 0.312 e. The topological polar surface area (TPSA) is 35.8 Å². The Hall–Kier alpha value is -0.200. The van der Waals surface area contributed by atoms with E-state index < -0.39 is 0 Å². The van der Waals surface area contributed by atoms with Crippen LogP contribution in [0.25, 0.3) is 0 Å². The van der Waals surface area contributed by atoms with Crippen molar-refractivity contribution in [2.45, 2.75) is 31.6 Å². The molecule has 0 aromatic carbocycles. The van der Waals surface area contributed by atoms with Crippen LogP contribution in [0.4, 0.5) is 0 Å². The lowest BCUT2D eigenvalue weighted by Crippen LogP contribution is -2.36. The average Bonchev–Trinajstić information content (AvgIpc) is 2.47. The van der Waals surface area contributed by atoms with E-state index >= 15 is 0 Å². The monoisotopic (exact) mass is 184 g/mol. The van der Waals surface area contributed by atoms with Crippen molar-refractivity contribution in [2.75, 3.05) is 12.3 Å². The summed E-state index contributed by atoms with van der Waals surface area (Å²) >= 11 is 2.02. The molecule has 1 aliphatic heterocycles. The van der Waals surface area contributed by atoms with E-state index in [1.165, 1.54) is 12.2 Å². The standard InChI is InChI=1S/C9H16N2S/c1-7(5-10)6-11-9-3-4-12-8(9)2/h7-9,11H,3-4,6H2,1-2H3. The van der Waals surface area contributed by atoms with E-state index in [9.17, 15) is 0 Å². The van der Waals surface area contributed by atoms with Crippen LogP contribution in [0.2, 0.25) is 0 Å². The Morgan fingerprint density at radius 1 is 1.75 bits per heavy atom. The first-order valence-corrected chi connectivity index (χ1v) is 5.53. The summed E-state index contributed by atoms with van der Waals surface area (Å²) in [4.78, 5) is 0. The van der Waals surface area contributed by atoms with E-state index in [0.29, 0.717) is 6.04 Å². The molecule has 1 heterocycles. The van der Waals surface area contributed by atoms with Gasteiger partial charge in [-0.3, -0.25) is 0 Å². The summed E-state index contributed by atoms with van der Waals surface area (Å²) in [7, 11) is 0. The van der Waals surface area contributed by atoms with Crippen LogP contribution < -0.4 is 5.32 Å². The van der Waals surface area contributed by atoms with Gasteiger partial charge in [-0.25, -0.2) is 0 Å². The molecule has 0 spiro atoms. The first kappa shape index (κ1) is 9.88. The summed E-state index contributed by atoms with van der Waals surface area (Å²) in [5, 5.41) is 12.7. The normalized spacial score (nSPS) is 31.4. The lowest BCUT2D eigenvalue weighted by molar-refractivity contribution is 0.484. The van der Waals surface area contributed by atoms with Gasteiger partial charge in [0.25, 0.3) is 0 Å². The molecule has 0 aromatic rings. The van der Waals surface area contributed by atoms with Gasteiger partial charge in [-0.2, -0.15) is 17.0 Å². The molecule has 0 radical (unpaired) electrons. The Labute approximate surface area is 78.7 Å². The Morgan fingerprint density at radius 3 is 3.00 bits per heavy atom. The Bertz CT molecular complexity index is 176. The fourth-order valence-corrected chi connectivity index (χ4v) is 2.60. The van der Waals surface area contributed by atoms with Crippen LogP contribution in [0.1, 0.15) is 20.3 Å². The number of thioether (sulfide) groups is 1. The van der Waals surface area contributed by atoms with Crippen LogP contribution in [0.5, 0.6) is 0 Å². The van der Waals surface area contributed by atoms with Gasteiger partial charge in [0.05, 0.1) is 12.0 Å². The SMILES string of the molecule is CC(C#N)CNC1CCSC1C. The number of nitriles is 1. The Morgan fingerprint density at radius 2 is 2.50 bits per heavy atom. The molecular formula is C9H16N2S. The molecule has 0 saturated carbocycles. The first-order chi connectivity index (χ1) is 5.74. The minimum absolute atomic E-state index is 0.141. The van der Waals surface area contributed by atoms with Crippen molar-refractivity contribution >= 4 is 11.8 Å². The number of rotatable bonds is 3. The van der Waals surface area contributed by atoms with Crippen LogP contribution in [-0.2, 0) is 0 Å². The molecule has 12 heavy (non-hydrogen) atoms. The van der Waals surface area contributed by atoms with Crippen LogP contribution in [0.3, 0.4) is 0 Å². The zero-order valence-electron chi connectivity index (χ0n) is 7.71. The van der Waals surface area contributed by atoms with Gasteiger partial charge in [-0.15, -0.1) is 0 Å². The maximum Gasteiger partial charge on any atom is 0.0666 e. The molecule has 3 unspecified atom stereocenters. The molecule has 3 heteroatoms. The Kier molecular flexibility index (Phi) is 3.90. The van der Waals surface area contributed by atoms with Crippen LogP contribution in [0, 0.1) is 17.2 Å². The number of hydrogen-bond acceptors (Lipinski definition) is 3. The second kappa shape index (κ2) is 4.74. The predicted molar refractivity (Wildman–Crippen MR) is 53.1 cm³/mol. The van der Waals surface area contributed by atoms with E-state index in [0.717, 1.165) is 11.8 Å². The van der Waals surface area contributed by atoms with E-state index in [2.05, 4.69) is 18.3 Å². The Balaban J connectivity index is 2.19. The van der Waals surface area contributed by atoms with E-state index in [1.54, 1.807) is 0 Å². The molecule has 1 aliphatic rings. The zero-order chi connectivity index (χ0) is 8.97. The summed E-state index contributed by atoms with van der Waals surface area (Å²) in [6.45, 7) is 5.05. The fourth-order valence-electron chi connectivity index (χ4n) is 1.37. The van der Waals surface area contributed by atoms with E-state index in [-0.39, 0.29) is 5.92 Å². The van der Waals surface area contributed by atoms with Crippen molar-refractivity contribution < 1.29 is 0 Å². The van der Waals surface area contributed by atoms with Gasteiger partial charge in [-0.1, -0.05) is 6.92 Å². The zero-order valence-corrected chi connectivity index (χ0v) is 8.53. The molecule has 1 fully saturated rings. The van der Waals surface area contributed by atoms with Gasteiger partial charge in [0.1, 0.15) is 0 Å². The van der Waals surface area contributed by atoms with Crippen LogP contribution >= 0.6 is 11.8 Å². The molecule has 2 nitrogen and oxygen atoms in total. The van der Waals surface area contributed by atoms with Gasteiger partial charge in [-0.05, 0) is 19.1 Å². The van der Waals surface area contributed by atoms with E-state index in [4.69, 9.17) is 5.26 Å². The highest BCUT2D eigenvalue weighted by Crippen LogP contribution is 2.25. The summed E-state index contributed by atoms with van der Waals surface area (Å²) in [5.74, 6) is 1.41. The van der Waals surface area contributed by atoms with Gasteiger partial charge >= 0.3 is 0 Å². The molecule has 0 bridgehead atoms. The van der Waals surface area contributed by atoms with Crippen molar-refractivity contribution in [2.24, 2.45) is 5.92 Å². The van der Waals surface area contributed by atoms with Gasteiger partial charge in [0, 0.05) is 17.8 Å². The summed E-state index contributed by atoms with van der Waals surface area (Å²) in [6, 6.07) is 2.86. The highest BCUT2D eigenvalue weighted by atomic mass is 32.2. The second-order valence-corrected chi connectivity index (χ2v) is 4.89. The molecule has 68 valence electrons. The highest BCUT2D eigenvalue weighted by Gasteiger charge is 2.23. The number of nitrogens with one attached hydrogen (secondary N) is 1. The van der Waals surface area contributed by atoms with Crippen molar-refractivity contribution in [3.63, 3.8) is 0 Å². The number of nitrogens with zero attached hydrogens (tertiary/aromatic N) is 1. The third-order valence-corrected chi connectivity index (χ3v) is 3.61. The molecule has 1 saturated heterocycles. The van der Waals surface area contributed by atoms with Crippen molar-refractivity contribution in [1.82, 2.24) is 5.32 Å². The third-order valence-electron chi connectivity index (χ3n) is 2.28. The summed E-state index contributed by atoms with van der Waals surface area (Å²) in [5.41, 5.74) is 0. The van der Waals surface area contributed by atoms with Crippen molar-refractivity contribution in [3.05, 3.63) is 0 Å². The maximum absolute atomic E-state index is 8.58. The van der Waals surface area contributed by atoms with Gasteiger partial charge < -0.3 is 5.32 Å². The summed E-state index contributed by atoms with van der Waals surface area (Å²) in [6.07, 6.45) is 1.25. The molecule has 3 atom stereocenters. The molecule has 1 rings (SSSR count). The highest BCUT2D eigenvalue weighted by molar-refractivity contribution is 8.00.